The molecule has 8 heteroatoms. The quantitative estimate of drug-likeness (QED) is 0.404. The second kappa shape index (κ2) is 10.6. The summed E-state index contributed by atoms with van der Waals surface area (Å²) in [6.07, 6.45) is 1.56. The van der Waals surface area contributed by atoms with Crippen molar-refractivity contribution in [2.24, 2.45) is 5.73 Å². The van der Waals surface area contributed by atoms with Gasteiger partial charge < -0.3 is 21.7 Å². The molecule has 174 valence electrons. The number of anilines is 3. The summed E-state index contributed by atoms with van der Waals surface area (Å²) >= 11 is 0. The molecule has 8 nitrogen and oxygen atoms in total. The first kappa shape index (κ1) is 24.4. The van der Waals surface area contributed by atoms with Crippen LogP contribution in [0.5, 0.6) is 0 Å². The van der Waals surface area contributed by atoms with Crippen molar-refractivity contribution in [3.63, 3.8) is 0 Å². The van der Waals surface area contributed by atoms with E-state index >= 15 is 0 Å². The summed E-state index contributed by atoms with van der Waals surface area (Å²) in [5.74, 6) is 0.0398. The maximum atomic E-state index is 12.9. The number of nitrogens with one attached hydrogen (secondary N) is 3. The van der Waals surface area contributed by atoms with Crippen molar-refractivity contribution in [3.8, 4) is 6.07 Å². The normalized spacial score (nSPS) is 10.8. The van der Waals surface area contributed by atoms with Crippen LogP contribution >= 0.6 is 0 Å². The molecule has 0 radical (unpaired) electrons. The molecule has 0 aliphatic heterocycles. The molecule has 0 atom stereocenters. The van der Waals surface area contributed by atoms with Crippen LogP contribution in [0.3, 0.4) is 0 Å². The summed E-state index contributed by atoms with van der Waals surface area (Å²) in [4.78, 5) is 30.0. The Labute approximate surface area is 199 Å². The van der Waals surface area contributed by atoms with Crippen LogP contribution < -0.4 is 21.7 Å². The first-order chi connectivity index (χ1) is 16.2. The van der Waals surface area contributed by atoms with E-state index in [2.05, 4.69) is 27.0 Å². The smallest absolute Gasteiger partial charge is 0.256 e. The van der Waals surface area contributed by atoms with Crippen LogP contribution in [0, 0.1) is 18.3 Å². The third-order valence-corrected chi connectivity index (χ3v) is 5.34. The van der Waals surface area contributed by atoms with Gasteiger partial charge in [0.05, 0.1) is 23.4 Å². The maximum absolute atomic E-state index is 12.9. The highest BCUT2D eigenvalue weighted by molar-refractivity contribution is 6.08. The second-order valence-electron chi connectivity index (χ2n) is 8.40. The summed E-state index contributed by atoms with van der Waals surface area (Å²) in [5, 5.41) is 18.1. The molecular weight excluding hydrogens is 428 g/mol. The van der Waals surface area contributed by atoms with Crippen molar-refractivity contribution in [1.29, 1.82) is 5.26 Å². The molecule has 0 bridgehead atoms. The zero-order valence-corrected chi connectivity index (χ0v) is 19.5. The summed E-state index contributed by atoms with van der Waals surface area (Å²) in [7, 11) is 0. The molecule has 3 aromatic rings. The highest BCUT2D eigenvalue weighted by Gasteiger charge is 2.21. The first-order valence-electron chi connectivity index (χ1n) is 10.9. The Bertz CT molecular complexity index is 1230. The Kier molecular flexibility index (Phi) is 7.61. The summed E-state index contributed by atoms with van der Waals surface area (Å²) in [6, 6.07) is 17.9. The van der Waals surface area contributed by atoms with Crippen molar-refractivity contribution in [2.45, 2.75) is 26.2 Å². The number of rotatable bonds is 8. The molecule has 5 N–H and O–H groups in total. The van der Waals surface area contributed by atoms with Gasteiger partial charge in [-0.1, -0.05) is 18.2 Å². The number of carbonyl (C=O) groups excluding carboxylic acids is 2. The Morgan fingerprint density at radius 3 is 2.44 bits per heavy atom. The van der Waals surface area contributed by atoms with Crippen molar-refractivity contribution in [2.75, 3.05) is 29.0 Å². The molecule has 34 heavy (non-hydrogen) atoms. The van der Waals surface area contributed by atoms with Crippen molar-refractivity contribution in [1.82, 2.24) is 4.98 Å². The van der Waals surface area contributed by atoms with E-state index in [9.17, 15) is 14.9 Å². The highest BCUT2D eigenvalue weighted by atomic mass is 16.2. The largest absolute Gasteiger partial charge is 0.369 e. The van der Waals surface area contributed by atoms with Gasteiger partial charge in [-0.25, -0.2) is 4.98 Å². The summed E-state index contributed by atoms with van der Waals surface area (Å²) in [5.41, 5.74) is 8.19. The number of aromatic nitrogens is 1. The zero-order chi connectivity index (χ0) is 24.7. The van der Waals surface area contributed by atoms with Gasteiger partial charge in [0, 0.05) is 29.9 Å². The average Bonchev–Trinajstić information content (AvgIpc) is 2.84. The van der Waals surface area contributed by atoms with E-state index in [0.717, 1.165) is 11.1 Å². The molecule has 0 spiro atoms. The van der Waals surface area contributed by atoms with Gasteiger partial charge in [0.25, 0.3) is 11.8 Å². The van der Waals surface area contributed by atoms with E-state index in [1.165, 1.54) is 0 Å². The molecule has 0 unspecified atom stereocenters. The number of pyridine rings is 1. The third kappa shape index (κ3) is 5.97. The van der Waals surface area contributed by atoms with Crippen molar-refractivity contribution in [3.05, 3.63) is 83.0 Å². The number of aryl methyl sites for hydroxylation is 1. The Balaban J connectivity index is 1.73. The maximum Gasteiger partial charge on any atom is 0.256 e. The van der Waals surface area contributed by atoms with Crippen molar-refractivity contribution >= 4 is 29.0 Å². The molecule has 1 heterocycles. The Morgan fingerprint density at radius 1 is 1.03 bits per heavy atom. The van der Waals surface area contributed by atoms with Crippen LogP contribution in [0.4, 0.5) is 17.2 Å². The van der Waals surface area contributed by atoms with Crippen LogP contribution in [0.2, 0.25) is 0 Å². The average molecular weight is 457 g/mol. The molecular formula is C26H28N6O2. The number of hydrogen-bond donors (Lipinski definition) is 4. The van der Waals surface area contributed by atoms with Gasteiger partial charge in [0.2, 0.25) is 0 Å². The lowest BCUT2D eigenvalue weighted by Gasteiger charge is -2.16. The van der Waals surface area contributed by atoms with E-state index in [1.54, 1.807) is 68.6 Å². The SMILES string of the molecule is Cc1ccc(NC(=O)c2cccc(C(C)(C)C#N)c2)cc1C(=O)Nc1ccc(NCCN)nc1. The lowest BCUT2D eigenvalue weighted by Crippen LogP contribution is -2.18. The number of hydrogen-bond acceptors (Lipinski definition) is 6. The van der Waals surface area contributed by atoms with Gasteiger partial charge >= 0.3 is 0 Å². The van der Waals surface area contributed by atoms with Crippen molar-refractivity contribution < 1.29 is 9.59 Å². The van der Waals surface area contributed by atoms with E-state index in [1.807, 2.05) is 13.0 Å². The highest BCUT2D eigenvalue weighted by Crippen LogP contribution is 2.24. The van der Waals surface area contributed by atoms with Gasteiger partial charge in [0.1, 0.15) is 5.82 Å². The predicted molar refractivity (Wildman–Crippen MR) is 134 cm³/mol. The van der Waals surface area contributed by atoms with E-state index in [0.29, 0.717) is 41.4 Å². The van der Waals surface area contributed by atoms with Crippen LogP contribution in [0.1, 0.15) is 45.7 Å². The van der Waals surface area contributed by atoms with Crippen LogP contribution in [-0.4, -0.2) is 29.9 Å². The monoisotopic (exact) mass is 456 g/mol. The van der Waals surface area contributed by atoms with Crippen LogP contribution in [-0.2, 0) is 5.41 Å². The fraction of sp³-hybridized carbons (Fsp3) is 0.231. The molecule has 0 aliphatic carbocycles. The topological polar surface area (TPSA) is 133 Å². The zero-order valence-electron chi connectivity index (χ0n) is 19.5. The molecule has 0 aliphatic rings. The minimum absolute atomic E-state index is 0.309. The Morgan fingerprint density at radius 2 is 1.76 bits per heavy atom. The molecule has 1 aromatic heterocycles. The van der Waals surface area contributed by atoms with Gasteiger partial charge in [0.15, 0.2) is 0 Å². The lowest BCUT2D eigenvalue weighted by molar-refractivity contribution is 0.101. The summed E-state index contributed by atoms with van der Waals surface area (Å²) < 4.78 is 0. The van der Waals surface area contributed by atoms with Gasteiger partial charge in [-0.15, -0.1) is 0 Å². The minimum atomic E-state index is -0.709. The van der Waals surface area contributed by atoms with Gasteiger partial charge in [-0.3, -0.25) is 9.59 Å². The van der Waals surface area contributed by atoms with E-state index in [-0.39, 0.29) is 11.8 Å². The fourth-order valence-corrected chi connectivity index (χ4v) is 3.23. The molecule has 0 fully saturated rings. The third-order valence-electron chi connectivity index (χ3n) is 5.34. The first-order valence-corrected chi connectivity index (χ1v) is 10.9. The molecule has 2 amide bonds. The van der Waals surface area contributed by atoms with Gasteiger partial charge in [-0.05, 0) is 68.3 Å². The fourth-order valence-electron chi connectivity index (χ4n) is 3.23. The number of nitrogens with zero attached hydrogens (tertiary/aromatic N) is 2. The number of nitrogens with two attached hydrogens (primary N) is 1. The van der Waals surface area contributed by atoms with Gasteiger partial charge in [-0.2, -0.15) is 5.26 Å². The van der Waals surface area contributed by atoms with Crippen LogP contribution in [0.15, 0.2) is 60.8 Å². The number of amides is 2. The second-order valence-corrected chi connectivity index (χ2v) is 8.40. The minimum Gasteiger partial charge on any atom is -0.369 e. The lowest BCUT2D eigenvalue weighted by atomic mass is 9.85. The molecule has 3 rings (SSSR count). The van der Waals surface area contributed by atoms with Crippen LogP contribution in [0.25, 0.3) is 0 Å². The molecule has 0 saturated heterocycles. The standard InChI is InChI=1S/C26H28N6O2/c1-17-7-8-20(31-24(33)18-5-4-6-19(13-18)26(2,3)16-28)14-22(17)25(34)32-21-9-10-23(30-15-21)29-12-11-27/h4-10,13-15H,11-12,27H2,1-3H3,(H,29,30)(H,31,33)(H,32,34). The number of nitriles is 1. The van der Waals surface area contributed by atoms with E-state index in [4.69, 9.17) is 5.73 Å². The van der Waals surface area contributed by atoms with E-state index < -0.39 is 5.41 Å². The summed E-state index contributed by atoms with van der Waals surface area (Å²) in [6.45, 7) is 6.53. The molecule has 0 saturated carbocycles. The number of benzene rings is 2. The predicted octanol–water partition coefficient (Wildman–Crippen LogP) is 4.07. The molecule has 2 aromatic carbocycles. The Hall–Kier alpha value is -4.22. The number of carbonyl (C=O) groups is 2.